The zero-order chi connectivity index (χ0) is 20.1. The summed E-state index contributed by atoms with van der Waals surface area (Å²) in [6.07, 6.45) is 0.604. The maximum Gasteiger partial charge on any atom is 0.316 e. The van der Waals surface area contributed by atoms with Crippen LogP contribution in [0.15, 0.2) is 48.5 Å². The number of anilines is 1. The van der Waals surface area contributed by atoms with Gasteiger partial charge in [-0.1, -0.05) is 12.1 Å². The summed E-state index contributed by atoms with van der Waals surface area (Å²) >= 11 is 0. The number of nitrogens with two attached hydrogens (primary N) is 1. The van der Waals surface area contributed by atoms with Gasteiger partial charge in [0, 0.05) is 37.4 Å². The van der Waals surface area contributed by atoms with Crippen molar-refractivity contribution in [2.24, 2.45) is 5.73 Å². The summed E-state index contributed by atoms with van der Waals surface area (Å²) in [5.41, 5.74) is 6.08. The molecule has 0 aliphatic carbocycles. The number of hydrogen-bond donors (Lipinski definition) is 2. The van der Waals surface area contributed by atoms with Crippen LogP contribution in [0.3, 0.4) is 0 Å². The molecule has 2 aromatic rings. The van der Waals surface area contributed by atoms with E-state index in [0.717, 1.165) is 0 Å². The minimum absolute atomic E-state index is 0.0415. The lowest BCUT2D eigenvalue weighted by atomic mass is 10.1. The molecule has 28 heavy (non-hydrogen) atoms. The smallest absolute Gasteiger partial charge is 0.316 e. The van der Waals surface area contributed by atoms with Crippen LogP contribution in [0.2, 0.25) is 0 Å². The van der Waals surface area contributed by atoms with Gasteiger partial charge in [0.05, 0.1) is 5.56 Å². The van der Waals surface area contributed by atoms with Crippen LogP contribution in [0.4, 0.5) is 14.9 Å². The van der Waals surface area contributed by atoms with Gasteiger partial charge in [0.25, 0.3) is 11.8 Å². The summed E-state index contributed by atoms with van der Waals surface area (Å²) in [6.45, 7) is 1.65. The molecule has 2 aromatic carbocycles. The highest BCUT2D eigenvalue weighted by Crippen LogP contribution is 2.15. The summed E-state index contributed by atoms with van der Waals surface area (Å²) < 4.78 is 13.9. The van der Waals surface area contributed by atoms with Crippen LogP contribution in [0.25, 0.3) is 0 Å². The van der Waals surface area contributed by atoms with E-state index in [1.165, 1.54) is 12.1 Å². The first-order chi connectivity index (χ1) is 13.5. The number of urea groups is 1. The Morgan fingerprint density at radius 3 is 2.07 bits per heavy atom. The van der Waals surface area contributed by atoms with E-state index in [0.29, 0.717) is 43.9 Å². The number of carbonyl (C=O) groups is 3. The third-order valence-electron chi connectivity index (χ3n) is 4.57. The summed E-state index contributed by atoms with van der Waals surface area (Å²) in [5.74, 6) is -1.07. The highest BCUT2D eigenvalue weighted by Gasteiger charge is 2.24. The Morgan fingerprint density at radius 2 is 1.46 bits per heavy atom. The fourth-order valence-corrected chi connectivity index (χ4v) is 3.15. The fourth-order valence-electron chi connectivity index (χ4n) is 3.15. The van der Waals surface area contributed by atoms with Crippen LogP contribution in [0, 0.1) is 5.82 Å². The van der Waals surface area contributed by atoms with E-state index in [-0.39, 0.29) is 17.4 Å². The van der Waals surface area contributed by atoms with Gasteiger partial charge in [0.1, 0.15) is 5.82 Å². The van der Waals surface area contributed by atoms with E-state index in [1.54, 1.807) is 46.2 Å². The topological polar surface area (TPSA) is 95.7 Å². The third kappa shape index (κ3) is 4.46. The number of carbonyl (C=O) groups excluding carboxylic acids is 3. The molecular weight excluding hydrogens is 363 g/mol. The number of rotatable bonds is 3. The minimum atomic E-state index is -0.675. The zero-order valence-electron chi connectivity index (χ0n) is 15.2. The first kappa shape index (κ1) is 19.3. The monoisotopic (exact) mass is 384 g/mol. The van der Waals surface area contributed by atoms with E-state index in [9.17, 15) is 18.8 Å². The van der Waals surface area contributed by atoms with E-state index < -0.39 is 11.8 Å². The Labute approximate surface area is 161 Å². The van der Waals surface area contributed by atoms with Crippen LogP contribution in [0.5, 0.6) is 0 Å². The number of halogens is 1. The Morgan fingerprint density at radius 1 is 0.857 bits per heavy atom. The van der Waals surface area contributed by atoms with E-state index >= 15 is 0 Å². The van der Waals surface area contributed by atoms with Crippen LogP contribution < -0.4 is 11.1 Å². The predicted octanol–water partition coefficient (Wildman–Crippen LogP) is 2.30. The second-order valence-electron chi connectivity index (χ2n) is 6.48. The molecule has 0 saturated carbocycles. The van der Waals surface area contributed by atoms with Gasteiger partial charge in [0.15, 0.2) is 0 Å². The Balaban J connectivity index is 1.64. The van der Waals surface area contributed by atoms with Crippen molar-refractivity contribution in [3.05, 3.63) is 65.5 Å². The summed E-state index contributed by atoms with van der Waals surface area (Å²) in [6, 6.07) is 11.6. The van der Waals surface area contributed by atoms with E-state index in [4.69, 9.17) is 5.73 Å². The lowest BCUT2D eigenvalue weighted by Crippen LogP contribution is -2.37. The first-order valence-corrected chi connectivity index (χ1v) is 8.95. The second-order valence-corrected chi connectivity index (χ2v) is 6.48. The molecule has 0 atom stereocenters. The first-order valence-electron chi connectivity index (χ1n) is 8.95. The molecule has 0 spiro atoms. The zero-order valence-corrected chi connectivity index (χ0v) is 15.2. The van der Waals surface area contributed by atoms with Crippen molar-refractivity contribution in [2.45, 2.75) is 6.42 Å². The Bertz CT molecular complexity index is 885. The molecule has 3 N–H and O–H groups in total. The minimum Gasteiger partial charge on any atom is -0.351 e. The molecule has 1 fully saturated rings. The Hall–Kier alpha value is -3.42. The molecule has 4 amide bonds. The largest absolute Gasteiger partial charge is 0.351 e. The number of amides is 4. The molecule has 0 aromatic heterocycles. The maximum atomic E-state index is 13.9. The van der Waals surface area contributed by atoms with Gasteiger partial charge in [-0.25, -0.2) is 9.18 Å². The summed E-state index contributed by atoms with van der Waals surface area (Å²) in [4.78, 5) is 39.4. The lowest BCUT2D eigenvalue weighted by molar-refractivity contribution is 0.0716. The van der Waals surface area contributed by atoms with Crippen molar-refractivity contribution in [3.8, 4) is 0 Å². The summed E-state index contributed by atoms with van der Waals surface area (Å²) in [5, 5.41) is 2.44. The normalized spacial score (nSPS) is 14.3. The molecule has 0 unspecified atom stereocenters. The van der Waals surface area contributed by atoms with Gasteiger partial charge in [-0.3, -0.25) is 9.59 Å². The average Bonchev–Trinajstić information content (AvgIpc) is 2.94. The van der Waals surface area contributed by atoms with Crippen molar-refractivity contribution >= 4 is 23.5 Å². The van der Waals surface area contributed by atoms with Crippen LogP contribution in [-0.2, 0) is 0 Å². The Kier molecular flexibility index (Phi) is 5.88. The predicted molar refractivity (Wildman–Crippen MR) is 102 cm³/mol. The second kappa shape index (κ2) is 8.51. The molecular formula is C20H21FN4O3. The number of benzene rings is 2. The highest BCUT2D eigenvalue weighted by atomic mass is 19.1. The van der Waals surface area contributed by atoms with Crippen molar-refractivity contribution in [1.82, 2.24) is 9.80 Å². The molecule has 1 saturated heterocycles. The molecule has 0 radical (unpaired) electrons. The molecule has 146 valence electrons. The molecule has 1 heterocycles. The SMILES string of the molecule is NC(=O)Nc1ccc(C(=O)N2CCCN(C(=O)c3ccccc3F)CC2)cc1. The van der Waals surface area contributed by atoms with E-state index in [1.807, 2.05) is 0 Å². The van der Waals surface area contributed by atoms with Crippen molar-refractivity contribution in [1.29, 1.82) is 0 Å². The van der Waals surface area contributed by atoms with Gasteiger partial charge >= 0.3 is 6.03 Å². The number of primary amides is 1. The summed E-state index contributed by atoms with van der Waals surface area (Å²) in [7, 11) is 0. The van der Waals surface area contributed by atoms with Gasteiger partial charge in [-0.15, -0.1) is 0 Å². The molecule has 7 nitrogen and oxygen atoms in total. The van der Waals surface area contributed by atoms with Crippen LogP contribution in [0.1, 0.15) is 27.1 Å². The van der Waals surface area contributed by atoms with Gasteiger partial charge < -0.3 is 20.9 Å². The highest BCUT2D eigenvalue weighted by molar-refractivity contribution is 5.96. The molecule has 3 rings (SSSR count). The number of hydrogen-bond acceptors (Lipinski definition) is 3. The average molecular weight is 384 g/mol. The van der Waals surface area contributed by atoms with Gasteiger partial charge in [0.2, 0.25) is 0 Å². The quantitative estimate of drug-likeness (QED) is 0.850. The van der Waals surface area contributed by atoms with Crippen LogP contribution >= 0.6 is 0 Å². The fraction of sp³-hybridized carbons (Fsp3) is 0.250. The lowest BCUT2D eigenvalue weighted by Gasteiger charge is -2.22. The van der Waals surface area contributed by atoms with E-state index in [2.05, 4.69) is 5.32 Å². The van der Waals surface area contributed by atoms with Crippen molar-refractivity contribution < 1.29 is 18.8 Å². The van der Waals surface area contributed by atoms with Gasteiger partial charge in [-0.2, -0.15) is 0 Å². The molecule has 1 aliphatic heterocycles. The molecule has 8 heteroatoms. The van der Waals surface area contributed by atoms with Crippen molar-refractivity contribution in [2.75, 3.05) is 31.5 Å². The van der Waals surface area contributed by atoms with Crippen LogP contribution in [-0.4, -0.2) is 53.8 Å². The maximum absolute atomic E-state index is 13.9. The number of nitrogens with one attached hydrogen (secondary N) is 1. The number of nitrogens with zero attached hydrogens (tertiary/aromatic N) is 2. The standard InChI is InChI=1S/C20H21FN4O3/c21-17-5-2-1-4-16(17)19(27)25-11-3-10-24(12-13-25)18(26)14-6-8-15(9-7-14)23-20(22)28/h1-2,4-9H,3,10-13H2,(H3,22,23,28). The third-order valence-corrected chi connectivity index (χ3v) is 4.57. The molecule has 1 aliphatic rings. The molecule has 0 bridgehead atoms. The van der Waals surface area contributed by atoms with Crippen molar-refractivity contribution in [3.63, 3.8) is 0 Å². The van der Waals surface area contributed by atoms with Gasteiger partial charge in [-0.05, 0) is 42.8 Å².